The van der Waals surface area contributed by atoms with Crippen molar-refractivity contribution in [2.75, 3.05) is 13.1 Å². The van der Waals surface area contributed by atoms with E-state index in [1.807, 2.05) is 0 Å². The number of aliphatic hydroxyl groups is 1. The molecule has 0 amide bonds. The standard InChI is InChI=1S/C12H23NO/c1-3-8-13-9-10(2)4-5-11(13)12(14)6-7-12/h10-11,14H,3-9H2,1-2H3/t10-,11+/m0/s1. The van der Waals surface area contributed by atoms with Gasteiger partial charge in [-0.2, -0.15) is 0 Å². The van der Waals surface area contributed by atoms with E-state index in [1.165, 1.54) is 25.8 Å². The van der Waals surface area contributed by atoms with E-state index in [0.717, 1.165) is 25.3 Å². The number of hydrogen-bond acceptors (Lipinski definition) is 2. The lowest BCUT2D eigenvalue weighted by atomic mass is 9.90. The Kier molecular flexibility index (Phi) is 2.85. The van der Waals surface area contributed by atoms with E-state index in [9.17, 15) is 5.11 Å². The van der Waals surface area contributed by atoms with Gasteiger partial charge in [-0.05, 0) is 44.6 Å². The van der Waals surface area contributed by atoms with Crippen LogP contribution in [0, 0.1) is 5.92 Å². The number of piperidine rings is 1. The summed E-state index contributed by atoms with van der Waals surface area (Å²) < 4.78 is 0. The van der Waals surface area contributed by atoms with Crippen molar-refractivity contribution in [1.29, 1.82) is 0 Å². The molecule has 1 saturated heterocycles. The van der Waals surface area contributed by atoms with Crippen LogP contribution in [0.4, 0.5) is 0 Å². The van der Waals surface area contributed by atoms with Gasteiger partial charge in [0.25, 0.3) is 0 Å². The van der Waals surface area contributed by atoms with Crippen LogP contribution in [0.25, 0.3) is 0 Å². The van der Waals surface area contributed by atoms with Gasteiger partial charge in [0.1, 0.15) is 0 Å². The van der Waals surface area contributed by atoms with Gasteiger partial charge in [-0.1, -0.05) is 13.8 Å². The summed E-state index contributed by atoms with van der Waals surface area (Å²) in [5.41, 5.74) is -0.296. The van der Waals surface area contributed by atoms with Crippen molar-refractivity contribution >= 4 is 0 Å². The number of nitrogens with zero attached hydrogens (tertiary/aromatic N) is 1. The fourth-order valence-corrected chi connectivity index (χ4v) is 2.85. The maximum absolute atomic E-state index is 10.2. The van der Waals surface area contributed by atoms with Gasteiger partial charge >= 0.3 is 0 Å². The molecule has 0 aromatic heterocycles. The predicted octanol–water partition coefficient (Wildman–Crippen LogP) is 2.02. The maximum atomic E-state index is 10.2. The van der Waals surface area contributed by atoms with E-state index in [2.05, 4.69) is 18.7 Å². The first-order valence-corrected chi connectivity index (χ1v) is 6.12. The van der Waals surface area contributed by atoms with Crippen LogP contribution in [-0.2, 0) is 0 Å². The molecule has 2 heteroatoms. The molecule has 1 aliphatic carbocycles. The Hall–Kier alpha value is -0.0800. The number of rotatable bonds is 3. The highest BCUT2D eigenvalue weighted by Gasteiger charge is 2.50. The van der Waals surface area contributed by atoms with Gasteiger partial charge in [-0.15, -0.1) is 0 Å². The van der Waals surface area contributed by atoms with Gasteiger partial charge in [-0.3, -0.25) is 4.90 Å². The molecule has 1 aliphatic heterocycles. The highest BCUT2D eigenvalue weighted by molar-refractivity contribution is 5.05. The molecule has 0 aromatic rings. The van der Waals surface area contributed by atoms with Gasteiger partial charge < -0.3 is 5.11 Å². The van der Waals surface area contributed by atoms with Crippen molar-refractivity contribution in [3.63, 3.8) is 0 Å². The lowest BCUT2D eigenvalue weighted by Gasteiger charge is -2.41. The fourth-order valence-electron chi connectivity index (χ4n) is 2.85. The fraction of sp³-hybridized carbons (Fsp3) is 1.00. The third-order valence-electron chi connectivity index (χ3n) is 3.81. The van der Waals surface area contributed by atoms with E-state index in [1.54, 1.807) is 0 Å². The molecule has 14 heavy (non-hydrogen) atoms. The van der Waals surface area contributed by atoms with E-state index in [-0.39, 0.29) is 5.60 Å². The van der Waals surface area contributed by atoms with Gasteiger partial charge in [0.15, 0.2) is 0 Å². The normalized spacial score (nSPS) is 37.1. The second-order valence-electron chi connectivity index (χ2n) is 5.30. The lowest BCUT2D eigenvalue weighted by Crippen LogP contribution is -2.50. The molecular formula is C12H23NO. The zero-order valence-electron chi connectivity index (χ0n) is 9.50. The summed E-state index contributed by atoms with van der Waals surface area (Å²) in [6.45, 7) is 6.92. The summed E-state index contributed by atoms with van der Waals surface area (Å²) in [7, 11) is 0. The summed E-state index contributed by atoms with van der Waals surface area (Å²) in [5, 5.41) is 10.2. The number of hydrogen-bond donors (Lipinski definition) is 1. The minimum atomic E-state index is -0.296. The molecule has 2 atom stereocenters. The molecular weight excluding hydrogens is 174 g/mol. The molecule has 1 N–H and O–H groups in total. The summed E-state index contributed by atoms with van der Waals surface area (Å²) in [5.74, 6) is 0.820. The van der Waals surface area contributed by atoms with Gasteiger partial charge in [0.05, 0.1) is 5.60 Å². The molecule has 0 spiro atoms. The van der Waals surface area contributed by atoms with E-state index in [0.29, 0.717) is 6.04 Å². The van der Waals surface area contributed by atoms with Crippen molar-refractivity contribution in [3.05, 3.63) is 0 Å². The van der Waals surface area contributed by atoms with Crippen LogP contribution in [0.3, 0.4) is 0 Å². The Morgan fingerprint density at radius 2 is 2.07 bits per heavy atom. The topological polar surface area (TPSA) is 23.5 Å². The van der Waals surface area contributed by atoms with Gasteiger partial charge in [-0.25, -0.2) is 0 Å². The first kappa shape index (κ1) is 10.4. The summed E-state index contributed by atoms with van der Waals surface area (Å²) >= 11 is 0. The Morgan fingerprint density at radius 1 is 1.36 bits per heavy atom. The SMILES string of the molecule is CCCN1C[C@@H](C)CC[C@@H]1C1(O)CC1. The van der Waals surface area contributed by atoms with E-state index in [4.69, 9.17) is 0 Å². The van der Waals surface area contributed by atoms with Crippen LogP contribution in [0.15, 0.2) is 0 Å². The third-order valence-corrected chi connectivity index (χ3v) is 3.81. The maximum Gasteiger partial charge on any atom is 0.0804 e. The Bertz CT molecular complexity index is 200. The predicted molar refractivity (Wildman–Crippen MR) is 58.2 cm³/mol. The second kappa shape index (κ2) is 3.82. The first-order chi connectivity index (χ1) is 6.65. The highest BCUT2D eigenvalue weighted by atomic mass is 16.3. The quantitative estimate of drug-likeness (QED) is 0.748. The Morgan fingerprint density at radius 3 is 2.64 bits per heavy atom. The molecule has 82 valence electrons. The van der Waals surface area contributed by atoms with Gasteiger partial charge in [0.2, 0.25) is 0 Å². The molecule has 2 nitrogen and oxygen atoms in total. The summed E-state index contributed by atoms with van der Waals surface area (Å²) in [4.78, 5) is 2.53. The first-order valence-electron chi connectivity index (χ1n) is 6.12. The van der Waals surface area contributed by atoms with Crippen molar-refractivity contribution in [2.24, 2.45) is 5.92 Å². The largest absolute Gasteiger partial charge is 0.388 e. The van der Waals surface area contributed by atoms with Crippen LogP contribution in [0.2, 0.25) is 0 Å². The molecule has 2 rings (SSSR count). The van der Waals surface area contributed by atoms with Crippen LogP contribution in [-0.4, -0.2) is 34.7 Å². The van der Waals surface area contributed by atoms with Gasteiger partial charge in [0, 0.05) is 12.6 Å². The minimum Gasteiger partial charge on any atom is -0.388 e. The zero-order chi connectivity index (χ0) is 10.2. The monoisotopic (exact) mass is 197 g/mol. The zero-order valence-corrected chi connectivity index (χ0v) is 9.50. The van der Waals surface area contributed by atoms with E-state index < -0.39 is 0 Å². The molecule has 1 heterocycles. The van der Waals surface area contributed by atoms with Crippen LogP contribution < -0.4 is 0 Å². The lowest BCUT2D eigenvalue weighted by molar-refractivity contribution is -0.00465. The highest BCUT2D eigenvalue weighted by Crippen LogP contribution is 2.44. The average Bonchev–Trinajstić information content (AvgIpc) is 2.85. The van der Waals surface area contributed by atoms with Crippen LogP contribution in [0.5, 0.6) is 0 Å². The van der Waals surface area contributed by atoms with Crippen molar-refractivity contribution in [2.45, 2.75) is 57.6 Å². The van der Waals surface area contributed by atoms with E-state index >= 15 is 0 Å². The van der Waals surface area contributed by atoms with Crippen molar-refractivity contribution < 1.29 is 5.11 Å². The minimum absolute atomic E-state index is 0.296. The van der Waals surface area contributed by atoms with Crippen molar-refractivity contribution in [3.8, 4) is 0 Å². The third kappa shape index (κ3) is 1.96. The smallest absolute Gasteiger partial charge is 0.0804 e. The summed E-state index contributed by atoms with van der Waals surface area (Å²) in [6.07, 6.45) is 5.78. The van der Waals surface area contributed by atoms with Crippen molar-refractivity contribution in [1.82, 2.24) is 4.90 Å². The molecule has 0 unspecified atom stereocenters. The number of likely N-dealkylation sites (tertiary alicyclic amines) is 1. The second-order valence-corrected chi connectivity index (χ2v) is 5.30. The Balaban J connectivity index is 1.99. The van der Waals surface area contributed by atoms with Crippen LogP contribution >= 0.6 is 0 Å². The molecule has 2 aliphatic rings. The molecule has 0 bridgehead atoms. The Labute approximate surface area is 87.3 Å². The summed E-state index contributed by atoms with van der Waals surface area (Å²) in [6, 6.07) is 0.471. The van der Waals surface area contributed by atoms with Crippen LogP contribution in [0.1, 0.15) is 46.0 Å². The molecule has 0 aromatic carbocycles. The average molecular weight is 197 g/mol. The molecule has 0 radical (unpaired) electrons. The molecule has 2 fully saturated rings. The molecule has 1 saturated carbocycles.